The zero-order valence-corrected chi connectivity index (χ0v) is 15.4. The van der Waals surface area contributed by atoms with Gasteiger partial charge in [-0.05, 0) is 35.9 Å². The molecular weight excluding hydrogens is 432 g/mol. The summed E-state index contributed by atoms with van der Waals surface area (Å²) in [6.45, 7) is -1.03. The minimum atomic E-state index is -4.96. The van der Waals surface area contributed by atoms with Crippen LogP contribution in [-0.2, 0) is 22.0 Å². The van der Waals surface area contributed by atoms with Crippen molar-refractivity contribution in [1.29, 1.82) is 0 Å². The maximum absolute atomic E-state index is 12.8. The summed E-state index contributed by atoms with van der Waals surface area (Å²) < 4.78 is 81.9. The Labute approximate surface area is 171 Å². The Morgan fingerprint density at radius 1 is 1.00 bits per heavy atom. The molecule has 2 aromatic carbocycles. The summed E-state index contributed by atoms with van der Waals surface area (Å²) >= 11 is 0. The van der Waals surface area contributed by atoms with Gasteiger partial charge in [-0.1, -0.05) is 29.1 Å². The second kappa shape index (κ2) is 9.88. The average Bonchev–Trinajstić information content (AvgIpc) is 2.68. The van der Waals surface area contributed by atoms with E-state index >= 15 is 0 Å². The molecule has 0 aliphatic rings. The van der Waals surface area contributed by atoms with Gasteiger partial charge in [0, 0.05) is 5.56 Å². The lowest BCUT2D eigenvalue weighted by Gasteiger charge is -2.14. The van der Waals surface area contributed by atoms with Crippen molar-refractivity contribution in [1.82, 2.24) is 0 Å². The molecule has 0 saturated carbocycles. The SMILES string of the molecule is O=C(O)CON=Cc1ccc(C#CCOc2cc(C(F)(F)F)cc(C(F)(F)F)c2)cc1. The van der Waals surface area contributed by atoms with Crippen LogP contribution in [0, 0.1) is 11.8 Å². The van der Waals surface area contributed by atoms with Crippen LogP contribution in [0.5, 0.6) is 5.75 Å². The number of carbonyl (C=O) groups is 1. The first kappa shape index (κ1) is 23.6. The molecule has 0 aliphatic heterocycles. The molecule has 164 valence electrons. The highest BCUT2D eigenvalue weighted by Gasteiger charge is 2.37. The number of rotatable bonds is 6. The van der Waals surface area contributed by atoms with Gasteiger partial charge in [-0.3, -0.25) is 0 Å². The van der Waals surface area contributed by atoms with E-state index in [-0.39, 0.29) is 6.07 Å². The van der Waals surface area contributed by atoms with Gasteiger partial charge >= 0.3 is 18.3 Å². The topological polar surface area (TPSA) is 68.1 Å². The first-order valence-corrected chi connectivity index (χ1v) is 8.33. The summed E-state index contributed by atoms with van der Waals surface area (Å²) in [7, 11) is 0. The molecule has 0 radical (unpaired) electrons. The highest BCUT2D eigenvalue weighted by Crippen LogP contribution is 2.38. The van der Waals surface area contributed by atoms with Gasteiger partial charge in [0.25, 0.3) is 0 Å². The molecule has 0 atom stereocenters. The summed E-state index contributed by atoms with van der Waals surface area (Å²) in [6, 6.07) is 7.25. The number of nitrogens with zero attached hydrogens (tertiary/aromatic N) is 1. The largest absolute Gasteiger partial charge is 0.481 e. The van der Waals surface area contributed by atoms with Gasteiger partial charge in [0.2, 0.25) is 6.61 Å². The standard InChI is InChI=1S/C20H13F6NO4/c21-19(22,23)15-8-16(20(24,25)26)10-17(9-15)30-7-1-2-13-3-5-14(6-4-13)11-27-31-12-18(28)29/h3-6,8-11H,7,12H2,(H,28,29). The van der Waals surface area contributed by atoms with E-state index in [4.69, 9.17) is 9.84 Å². The van der Waals surface area contributed by atoms with Crippen molar-refractivity contribution in [3.8, 4) is 17.6 Å². The number of carboxylic acids is 1. The van der Waals surface area contributed by atoms with Gasteiger partial charge in [0.15, 0.2) is 0 Å². The Kier molecular flexibility index (Phi) is 7.52. The number of oxime groups is 1. The second-order valence-electron chi connectivity index (χ2n) is 5.86. The van der Waals surface area contributed by atoms with Crippen molar-refractivity contribution < 1.29 is 45.8 Å². The van der Waals surface area contributed by atoms with Crippen LogP contribution in [0.2, 0.25) is 0 Å². The first-order chi connectivity index (χ1) is 14.4. The van der Waals surface area contributed by atoms with Crippen molar-refractivity contribution in [2.75, 3.05) is 13.2 Å². The van der Waals surface area contributed by atoms with Gasteiger partial charge in [0.1, 0.15) is 12.4 Å². The predicted molar refractivity (Wildman–Crippen MR) is 96.4 cm³/mol. The summed E-state index contributed by atoms with van der Waals surface area (Å²) in [4.78, 5) is 14.8. The molecule has 0 aliphatic carbocycles. The Balaban J connectivity index is 2.02. The zero-order valence-electron chi connectivity index (χ0n) is 15.4. The molecule has 0 aromatic heterocycles. The van der Waals surface area contributed by atoms with Gasteiger partial charge in [-0.2, -0.15) is 26.3 Å². The molecule has 0 spiro atoms. The second-order valence-corrected chi connectivity index (χ2v) is 5.86. The van der Waals surface area contributed by atoms with E-state index in [1.54, 1.807) is 24.3 Å². The molecule has 0 amide bonds. The fraction of sp³-hybridized carbons (Fsp3) is 0.200. The highest BCUT2D eigenvalue weighted by molar-refractivity contribution is 5.79. The molecular formula is C20H13F6NO4. The van der Waals surface area contributed by atoms with E-state index in [1.807, 2.05) is 0 Å². The van der Waals surface area contributed by atoms with Crippen LogP contribution in [0.25, 0.3) is 0 Å². The van der Waals surface area contributed by atoms with E-state index in [9.17, 15) is 31.1 Å². The van der Waals surface area contributed by atoms with E-state index < -0.39 is 48.4 Å². The van der Waals surface area contributed by atoms with Gasteiger partial charge < -0.3 is 14.7 Å². The molecule has 0 fully saturated rings. The third-order valence-corrected chi connectivity index (χ3v) is 3.48. The molecule has 31 heavy (non-hydrogen) atoms. The Morgan fingerprint density at radius 2 is 1.58 bits per heavy atom. The van der Waals surface area contributed by atoms with Gasteiger partial charge in [0.05, 0.1) is 17.3 Å². The van der Waals surface area contributed by atoms with E-state index in [0.29, 0.717) is 23.3 Å². The number of aliphatic carboxylic acids is 1. The molecule has 0 bridgehead atoms. The van der Waals surface area contributed by atoms with Crippen LogP contribution in [0.1, 0.15) is 22.3 Å². The van der Waals surface area contributed by atoms with Crippen molar-refractivity contribution >= 4 is 12.2 Å². The van der Waals surface area contributed by atoms with Gasteiger partial charge in [-0.25, -0.2) is 4.79 Å². The summed E-state index contributed by atoms with van der Waals surface area (Å²) in [5.74, 6) is 3.35. The Bertz CT molecular complexity index is 969. The minimum Gasteiger partial charge on any atom is -0.481 e. The van der Waals surface area contributed by atoms with E-state index in [2.05, 4.69) is 21.8 Å². The van der Waals surface area contributed by atoms with Crippen LogP contribution >= 0.6 is 0 Å². The molecule has 0 saturated heterocycles. The molecule has 11 heteroatoms. The fourth-order valence-corrected chi connectivity index (χ4v) is 2.11. The third-order valence-electron chi connectivity index (χ3n) is 3.48. The number of benzene rings is 2. The fourth-order valence-electron chi connectivity index (χ4n) is 2.11. The number of hydrogen-bond acceptors (Lipinski definition) is 4. The third kappa shape index (κ3) is 7.93. The summed E-state index contributed by atoms with van der Waals surface area (Å²) in [5, 5.41) is 11.8. The lowest BCUT2D eigenvalue weighted by atomic mass is 10.1. The number of carboxylic acid groups (broad SMARTS) is 1. The first-order valence-electron chi connectivity index (χ1n) is 8.33. The number of ether oxygens (including phenoxy) is 1. The highest BCUT2D eigenvalue weighted by atomic mass is 19.4. The molecule has 5 nitrogen and oxygen atoms in total. The molecule has 2 aromatic rings. The normalized spacial score (nSPS) is 11.7. The molecule has 1 N–H and O–H groups in total. The van der Waals surface area contributed by atoms with Crippen molar-refractivity contribution in [2.24, 2.45) is 5.16 Å². The summed E-state index contributed by atoms with van der Waals surface area (Å²) in [5.41, 5.74) is -1.88. The molecule has 2 rings (SSSR count). The Hall–Kier alpha value is -3.68. The summed E-state index contributed by atoms with van der Waals surface area (Å²) in [6.07, 6.45) is -8.65. The minimum absolute atomic E-state index is 0.0100. The maximum Gasteiger partial charge on any atom is 0.416 e. The number of halogens is 6. The number of hydrogen-bond donors (Lipinski definition) is 1. The smallest absolute Gasteiger partial charge is 0.416 e. The lowest BCUT2D eigenvalue weighted by molar-refractivity contribution is -0.144. The molecule has 0 heterocycles. The van der Waals surface area contributed by atoms with Crippen LogP contribution < -0.4 is 4.74 Å². The van der Waals surface area contributed by atoms with Crippen molar-refractivity contribution in [2.45, 2.75) is 12.4 Å². The zero-order chi connectivity index (χ0) is 23.1. The van der Waals surface area contributed by atoms with E-state index in [0.717, 1.165) is 0 Å². The molecule has 0 unspecified atom stereocenters. The van der Waals surface area contributed by atoms with Gasteiger partial charge in [-0.15, -0.1) is 0 Å². The number of alkyl halides is 6. The van der Waals surface area contributed by atoms with Crippen LogP contribution in [0.3, 0.4) is 0 Å². The average molecular weight is 445 g/mol. The van der Waals surface area contributed by atoms with E-state index in [1.165, 1.54) is 6.21 Å². The van der Waals surface area contributed by atoms with Crippen LogP contribution in [0.15, 0.2) is 47.6 Å². The lowest BCUT2D eigenvalue weighted by Crippen LogP contribution is -2.11. The Morgan fingerprint density at radius 3 is 2.10 bits per heavy atom. The maximum atomic E-state index is 12.8. The predicted octanol–water partition coefficient (Wildman–Crippen LogP) is 4.59. The van der Waals surface area contributed by atoms with Crippen LogP contribution in [0.4, 0.5) is 26.3 Å². The van der Waals surface area contributed by atoms with Crippen molar-refractivity contribution in [3.05, 3.63) is 64.7 Å². The monoisotopic (exact) mass is 445 g/mol. The van der Waals surface area contributed by atoms with Crippen LogP contribution in [-0.4, -0.2) is 30.5 Å². The quantitative estimate of drug-likeness (QED) is 0.306. The van der Waals surface area contributed by atoms with Crippen molar-refractivity contribution in [3.63, 3.8) is 0 Å².